The molecule has 0 radical (unpaired) electrons. The molecular formula is C22H17F2N5OS. The number of benzene rings is 2. The van der Waals surface area contributed by atoms with Crippen molar-refractivity contribution in [3.8, 4) is 11.5 Å². The number of nitrogens with one attached hydrogen (secondary N) is 1. The Bertz CT molecular complexity index is 1150. The largest absolute Gasteiger partial charge is 0.359 e. The number of alkyl halides is 2. The summed E-state index contributed by atoms with van der Waals surface area (Å²) in [6.45, 7) is 0. The second kappa shape index (κ2) is 9.05. The number of carbonyl (C=O) groups excluding carboxylic acids is 1. The highest BCUT2D eigenvalue weighted by atomic mass is 32.2. The van der Waals surface area contributed by atoms with E-state index in [0.29, 0.717) is 5.69 Å². The summed E-state index contributed by atoms with van der Waals surface area (Å²) in [6, 6.07) is 17.8. The van der Waals surface area contributed by atoms with Gasteiger partial charge in [-0.1, -0.05) is 66.4 Å². The van der Waals surface area contributed by atoms with Crippen LogP contribution in [0.15, 0.2) is 90.2 Å². The zero-order valence-electron chi connectivity index (χ0n) is 16.2. The van der Waals surface area contributed by atoms with E-state index in [2.05, 4.69) is 20.5 Å². The summed E-state index contributed by atoms with van der Waals surface area (Å²) in [5, 5.41) is 10.5. The van der Waals surface area contributed by atoms with Crippen molar-refractivity contribution in [1.29, 1.82) is 0 Å². The molecule has 0 aliphatic carbocycles. The van der Waals surface area contributed by atoms with Crippen molar-refractivity contribution in [2.45, 2.75) is 11.2 Å². The summed E-state index contributed by atoms with van der Waals surface area (Å²) in [6.07, 6.45) is 1.50. The lowest BCUT2D eigenvalue weighted by Crippen LogP contribution is -2.27. The average molecular weight is 437 g/mol. The van der Waals surface area contributed by atoms with Crippen molar-refractivity contribution in [1.82, 2.24) is 19.7 Å². The molecule has 0 spiro atoms. The summed E-state index contributed by atoms with van der Waals surface area (Å²) >= 11 is 0.881. The average Bonchev–Trinajstić information content (AvgIpc) is 3.24. The molecule has 0 saturated carbocycles. The van der Waals surface area contributed by atoms with Gasteiger partial charge in [0.25, 0.3) is 0 Å². The molecule has 0 saturated heterocycles. The van der Waals surface area contributed by atoms with E-state index in [1.165, 1.54) is 30.5 Å². The van der Waals surface area contributed by atoms with Crippen molar-refractivity contribution in [2.75, 3.05) is 11.1 Å². The Morgan fingerprint density at radius 2 is 1.61 bits per heavy atom. The van der Waals surface area contributed by atoms with Crippen LogP contribution in [0.5, 0.6) is 0 Å². The molecule has 0 unspecified atom stereocenters. The zero-order chi connectivity index (χ0) is 21.7. The second-order valence-electron chi connectivity index (χ2n) is 6.47. The summed E-state index contributed by atoms with van der Waals surface area (Å²) < 4.78 is 31.8. The Kier molecular flexibility index (Phi) is 6.03. The number of hydrogen-bond donors (Lipinski definition) is 1. The fourth-order valence-electron chi connectivity index (χ4n) is 2.89. The van der Waals surface area contributed by atoms with E-state index < -0.39 is 6.05 Å². The van der Waals surface area contributed by atoms with Gasteiger partial charge < -0.3 is 5.32 Å². The quantitative estimate of drug-likeness (QED) is 0.426. The standard InChI is InChI=1S/C22H17F2N5OS/c23-22(24,16-9-3-1-4-10-16)29-20(18-13-7-8-14-25-18)27-28-21(29)31-15-19(30)26-17-11-5-2-6-12-17/h1-14H,15H2,(H,26,30). The topological polar surface area (TPSA) is 72.7 Å². The second-order valence-corrected chi connectivity index (χ2v) is 7.41. The number of halogens is 2. The Hall–Kier alpha value is -3.59. The van der Waals surface area contributed by atoms with Gasteiger partial charge in [0.1, 0.15) is 5.69 Å². The molecular weight excluding hydrogens is 420 g/mol. The van der Waals surface area contributed by atoms with Crippen LogP contribution in [-0.2, 0) is 10.8 Å². The van der Waals surface area contributed by atoms with Crippen LogP contribution in [0.25, 0.3) is 11.5 Å². The maximum atomic E-state index is 15.5. The molecule has 4 aromatic rings. The minimum atomic E-state index is -3.45. The predicted octanol–water partition coefficient (Wildman–Crippen LogP) is 4.67. The SMILES string of the molecule is O=C(CSc1nnc(-c2ccccn2)n1C(F)(F)c1ccccc1)Nc1ccccc1. The molecule has 0 aliphatic heterocycles. The predicted molar refractivity (Wildman–Crippen MR) is 115 cm³/mol. The van der Waals surface area contributed by atoms with Gasteiger partial charge >= 0.3 is 6.05 Å². The van der Waals surface area contributed by atoms with Crippen molar-refractivity contribution >= 4 is 23.4 Å². The van der Waals surface area contributed by atoms with E-state index in [1.54, 1.807) is 48.5 Å². The normalized spacial score (nSPS) is 11.3. The van der Waals surface area contributed by atoms with Crippen LogP contribution in [0.1, 0.15) is 5.56 Å². The number of anilines is 1. The van der Waals surface area contributed by atoms with Gasteiger partial charge in [-0.25, -0.2) is 4.57 Å². The molecule has 4 rings (SSSR count). The summed E-state index contributed by atoms with van der Waals surface area (Å²) in [7, 11) is 0. The summed E-state index contributed by atoms with van der Waals surface area (Å²) in [5.41, 5.74) is 0.659. The highest BCUT2D eigenvalue weighted by Gasteiger charge is 2.39. The third kappa shape index (κ3) is 4.61. The molecule has 1 N–H and O–H groups in total. The first-order chi connectivity index (χ1) is 15.1. The highest BCUT2D eigenvalue weighted by Crippen LogP contribution is 2.37. The van der Waals surface area contributed by atoms with E-state index in [-0.39, 0.29) is 33.9 Å². The fourth-order valence-corrected chi connectivity index (χ4v) is 3.66. The van der Waals surface area contributed by atoms with Crippen molar-refractivity contribution < 1.29 is 13.6 Å². The Labute approximate surface area is 181 Å². The van der Waals surface area contributed by atoms with E-state index in [4.69, 9.17) is 0 Å². The molecule has 6 nitrogen and oxygen atoms in total. The van der Waals surface area contributed by atoms with Gasteiger partial charge in [0, 0.05) is 17.4 Å². The molecule has 1 amide bonds. The fraction of sp³-hybridized carbons (Fsp3) is 0.0909. The Balaban J connectivity index is 1.65. The Morgan fingerprint density at radius 3 is 2.29 bits per heavy atom. The molecule has 9 heteroatoms. The number of aromatic nitrogens is 4. The van der Waals surface area contributed by atoms with Crippen LogP contribution in [0.3, 0.4) is 0 Å². The van der Waals surface area contributed by atoms with E-state index in [0.717, 1.165) is 16.3 Å². The van der Waals surface area contributed by atoms with Gasteiger partial charge in [-0.05, 0) is 24.3 Å². The molecule has 156 valence electrons. The molecule has 2 heterocycles. The number of pyridine rings is 1. The number of thioether (sulfide) groups is 1. The van der Waals surface area contributed by atoms with Gasteiger partial charge in [0.2, 0.25) is 5.91 Å². The first-order valence-corrected chi connectivity index (χ1v) is 10.3. The molecule has 0 atom stereocenters. The molecule has 0 aliphatic rings. The highest BCUT2D eigenvalue weighted by molar-refractivity contribution is 7.99. The van der Waals surface area contributed by atoms with Gasteiger partial charge in [-0.3, -0.25) is 9.78 Å². The monoisotopic (exact) mass is 437 g/mol. The van der Waals surface area contributed by atoms with Crippen LogP contribution >= 0.6 is 11.8 Å². The summed E-state index contributed by atoms with van der Waals surface area (Å²) in [5.74, 6) is -0.534. The molecule has 2 aromatic heterocycles. The lowest BCUT2D eigenvalue weighted by Gasteiger charge is -2.21. The molecule has 31 heavy (non-hydrogen) atoms. The van der Waals surface area contributed by atoms with Crippen LogP contribution in [0, 0.1) is 0 Å². The van der Waals surface area contributed by atoms with Gasteiger partial charge in [-0.2, -0.15) is 8.78 Å². The van der Waals surface area contributed by atoms with E-state index >= 15 is 8.78 Å². The van der Waals surface area contributed by atoms with Gasteiger partial charge in [-0.15, -0.1) is 10.2 Å². The third-order valence-electron chi connectivity index (χ3n) is 4.32. The van der Waals surface area contributed by atoms with E-state index in [9.17, 15) is 4.79 Å². The first kappa shape index (κ1) is 20.7. The number of nitrogens with zero attached hydrogens (tertiary/aromatic N) is 4. The Morgan fingerprint density at radius 1 is 0.935 bits per heavy atom. The van der Waals surface area contributed by atoms with Crippen molar-refractivity contribution in [2.24, 2.45) is 0 Å². The number of hydrogen-bond acceptors (Lipinski definition) is 5. The third-order valence-corrected chi connectivity index (χ3v) is 5.25. The molecule has 0 fully saturated rings. The van der Waals surface area contributed by atoms with Crippen LogP contribution in [-0.4, -0.2) is 31.4 Å². The summed E-state index contributed by atoms with van der Waals surface area (Å²) in [4.78, 5) is 16.4. The smallest absolute Gasteiger partial charge is 0.325 e. The van der Waals surface area contributed by atoms with Gasteiger partial charge in [0.05, 0.1) is 5.75 Å². The van der Waals surface area contributed by atoms with E-state index in [1.807, 2.05) is 6.07 Å². The maximum Gasteiger partial charge on any atom is 0.359 e. The first-order valence-electron chi connectivity index (χ1n) is 9.34. The lowest BCUT2D eigenvalue weighted by molar-refractivity contribution is -0.113. The number of para-hydroxylation sites is 1. The minimum absolute atomic E-state index is 0.0829. The van der Waals surface area contributed by atoms with Crippen LogP contribution in [0.4, 0.5) is 14.5 Å². The maximum absolute atomic E-state index is 15.5. The lowest BCUT2D eigenvalue weighted by atomic mass is 10.2. The number of carbonyl (C=O) groups is 1. The number of amides is 1. The van der Waals surface area contributed by atoms with Crippen LogP contribution < -0.4 is 5.32 Å². The van der Waals surface area contributed by atoms with Crippen LogP contribution in [0.2, 0.25) is 0 Å². The molecule has 0 bridgehead atoms. The van der Waals surface area contributed by atoms with Gasteiger partial charge in [0.15, 0.2) is 11.0 Å². The minimum Gasteiger partial charge on any atom is -0.325 e. The zero-order valence-corrected chi connectivity index (χ0v) is 17.0. The number of rotatable bonds is 7. The molecule has 2 aromatic carbocycles. The van der Waals surface area contributed by atoms with Crippen molar-refractivity contribution in [3.63, 3.8) is 0 Å². The van der Waals surface area contributed by atoms with Crippen molar-refractivity contribution in [3.05, 3.63) is 90.6 Å².